The Morgan fingerprint density at radius 1 is 1.16 bits per heavy atom. The molecule has 0 bridgehead atoms. The molecular weight excluding hydrogens is 410 g/mol. The number of hydrogen-bond acceptors (Lipinski definition) is 9. The van der Waals surface area contributed by atoms with Crippen LogP contribution in [0.15, 0.2) is 38.5 Å². The second-order valence-electron chi connectivity index (χ2n) is 8.51. The van der Waals surface area contributed by atoms with Gasteiger partial charge in [-0.25, -0.2) is 35.6 Å². The number of hydrogen-bond donors (Lipinski definition) is 1. The normalized spacial score (nSPS) is 24.0. The fraction of sp³-hybridized carbons (Fsp3) is 0.571. The highest BCUT2D eigenvalue weighted by atomic mass is 16.3. The van der Waals surface area contributed by atoms with E-state index in [9.17, 15) is 4.79 Å². The van der Waals surface area contributed by atoms with Crippen LogP contribution in [0.3, 0.4) is 0 Å². The molecule has 0 saturated carbocycles. The Balaban J connectivity index is 1.30. The van der Waals surface area contributed by atoms with Crippen molar-refractivity contribution in [1.82, 2.24) is 29.7 Å². The number of amides is 2. The van der Waals surface area contributed by atoms with Gasteiger partial charge < -0.3 is 9.32 Å². The quantitative estimate of drug-likeness (QED) is 0.627. The molecule has 5 rings (SSSR count). The second kappa shape index (κ2) is 8.57. The highest BCUT2D eigenvalue weighted by Crippen LogP contribution is 2.38. The molecule has 1 unspecified atom stereocenters. The molecule has 2 saturated heterocycles. The first-order chi connectivity index (χ1) is 15.6. The molecule has 2 fully saturated rings. The van der Waals surface area contributed by atoms with E-state index in [1.54, 1.807) is 23.2 Å². The summed E-state index contributed by atoms with van der Waals surface area (Å²) in [5, 5.41) is 4.84. The molecule has 1 atom stereocenters. The molecule has 32 heavy (non-hydrogen) atoms. The van der Waals surface area contributed by atoms with Gasteiger partial charge in [0, 0.05) is 46.3 Å². The average molecular weight is 442 g/mol. The van der Waals surface area contributed by atoms with E-state index in [1.807, 2.05) is 17.1 Å². The van der Waals surface area contributed by atoms with Gasteiger partial charge in [-0.2, -0.15) is 0 Å². The minimum Gasteiger partial charge on any atom is -0.463 e. The van der Waals surface area contributed by atoms with Crippen LogP contribution < -0.4 is 5.84 Å². The SMILES string of the molecule is CCCCN1CCN(CCN2C(=O)N(C)N3C4=C(c5ccco5)N=CN(N)C4=NC23)CC1. The maximum Gasteiger partial charge on any atom is 0.341 e. The van der Waals surface area contributed by atoms with Gasteiger partial charge >= 0.3 is 6.03 Å². The van der Waals surface area contributed by atoms with E-state index in [0.717, 1.165) is 32.7 Å². The van der Waals surface area contributed by atoms with Crippen LogP contribution in [0.1, 0.15) is 25.5 Å². The molecular formula is C21H31N9O2. The zero-order chi connectivity index (χ0) is 22.2. The van der Waals surface area contributed by atoms with Crippen molar-refractivity contribution in [3.05, 3.63) is 29.9 Å². The van der Waals surface area contributed by atoms with Crippen LogP contribution in [0.25, 0.3) is 5.70 Å². The third-order valence-electron chi connectivity index (χ3n) is 6.51. The van der Waals surface area contributed by atoms with Crippen LogP contribution in [0.5, 0.6) is 0 Å². The van der Waals surface area contributed by atoms with Gasteiger partial charge in [0.1, 0.15) is 17.7 Å². The van der Waals surface area contributed by atoms with Crippen molar-refractivity contribution in [2.45, 2.75) is 26.1 Å². The molecule has 4 aliphatic rings. The smallest absolute Gasteiger partial charge is 0.341 e. The van der Waals surface area contributed by atoms with E-state index >= 15 is 0 Å². The minimum absolute atomic E-state index is 0.0798. The Kier molecular flexibility index (Phi) is 5.62. The van der Waals surface area contributed by atoms with Gasteiger partial charge in [-0.05, 0) is 25.1 Å². The number of carbonyl (C=O) groups excluding carboxylic acids is 1. The number of carbonyl (C=O) groups is 1. The van der Waals surface area contributed by atoms with Crippen LogP contribution in [-0.4, -0.2) is 107 Å². The molecule has 0 aromatic carbocycles. The molecule has 2 N–H and O–H groups in total. The van der Waals surface area contributed by atoms with Crippen LogP contribution >= 0.6 is 0 Å². The third-order valence-corrected chi connectivity index (χ3v) is 6.51. The van der Waals surface area contributed by atoms with E-state index in [-0.39, 0.29) is 6.03 Å². The van der Waals surface area contributed by atoms with Gasteiger partial charge in [-0.3, -0.25) is 9.80 Å². The van der Waals surface area contributed by atoms with Crippen molar-refractivity contribution in [2.75, 3.05) is 52.9 Å². The predicted octanol–water partition coefficient (Wildman–Crippen LogP) is 0.864. The van der Waals surface area contributed by atoms with Crippen molar-refractivity contribution < 1.29 is 9.21 Å². The Morgan fingerprint density at radius 3 is 2.59 bits per heavy atom. The fourth-order valence-electron chi connectivity index (χ4n) is 4.64. The maximum absolute atomic E-state index is 13.1. The molecule has 1 aromatic rings. The van der Waals surface area contributed by atoms with E-state index < -0.39 is 6.29 Å². The molecule has 5 heterocycles. The summed E-state index contributed by atoms with van der Waals surface area (Å²) in [7, 11) is 1.76. The van der Waals surface area contributed by atoms with Crippen LogP contribution in [0.4, 0.5) is 4.79 Å². The summed E-state index contributed by atoms with van der Waals surface area (Å²) in [6, 6.07) is 3.57. The standard InChI is InChI=1S/C21H31N9O2/c1-3-4-7-26-8-10-27(11-9-26)12-13-28-20-24-19-18(30(20)25(2)21(28)31)17(23-15-29(19)22)16-6-5-14-32-16/h5-6,14-15,20H,3-4,7-13,22H2,1-2H3. The van der Waals surface area contributed by atoms with Crippen LogP contribution in [0, 0.1) is 0 Å². The maximum atomic E-state index is 13.1. The number of urea groups is 1. The molecule has 0 aliphatic carbocycles. The second-order valence-corrected chi connectivity index (χ2v) is 8.51. The summed E-state index contributed by atoms with van der Waals surface area (Å²) in [6.45, 7) is 9.07. The summed E-state index contributed by atoms with van der Waals surface area (Å²) in [5.41, 5.74) is 1.29. The van der Waals surface area contributed by atoms with Crippen molar-refractivity contribution in [3.63, 3.8) is 0 Å². The van der Waals surface area contributed by atoms with Gasteiger partial charge in [-0.15, -0.1) is 0 Å². The number of hydrazine groups is 2. The third kappa shape index (κ3) is 3.55. The lowest BCUT2D eigenvalue weighted by molar-refractivity contribution is 0.0801. The number of piperazine rings is 1. The Morgan fingerprint density at radius 2 is 1.91 bits per heavy atom. The number of aliphatic imine (C=N–C) groups is 2. The summed E-state index contributed by atoms with van der Waals surface area (Å²) in [5.74, 6) is 7.31. The molecule has 0 radical (unpaired) electrons. The van der Waals surface area contributed by atoms with Gasteiger partial charge in [0.15, 0.2) is 11.6 Å². The van der Waals surface area contributed by atoms with E-state index in [0.29, 0.717) is 29.5 Å². The number of amidine groups is 1. The van der Waals surface area contributed by atoms with Gasteiger partial charge in [0.05, 0.1) is 6.26 Å². The summed E-state index contributed by atoms with van der Waals surface area (Å²) in [4.78, 5) is 29.1. The predicted molar refractivity (Wildman–Crippen MR) is 121 cm³/mol. The zero-order valence-corrected chi connectivity index (χ0v) is 18.7. The first kappa shape index (κ1) is 21.0. The molecule has 2 amide bonds. The number of furan rings is 1. The van der Waals surface area contributed by atoms with Gasteiger partial charge in [-0.1, -0.05) is 13.3 Å². The average Bonchev–Trinajstić information content (AvgIpc) is 3.52. The van der Waals surface area contributed by atoms with Gasteiger partial charge in [0.25, 0.3) is 0 Å². The molecule has 172 valence electrons. The lowest BCUT2D eigenvalue weighted by Crippen LogP contribution is -2.49. The molecule has 11 heteroatoms. The van der Waals surface area contributed by atoms with Crippen molar-refractivity contribution in [3.8, 4) is 0 Å². The van der Waals surface area contributed by atoms with Crippen molar-refractivity contribution in [2.24, 2.45) is 15.8 Å². The molecule has 4 aliphatic heterocycles. The van der Waals surface area contributed by atoms with E-state index in [4.69, 9.17) is 15.3 Å². The number of nitrogens with two attached hydrogens (primary N) is 1. The highest BCUT2D eigenvalue weighted by molar-refractivity contribution is 6.12. The monoisotopic (exact) mass is 441 g/mol. The van der Waals surface area contributed by atoms with E-state index in [1.165, 1.54) is 30.7 Å². The largest absolute Gasteiger partial charge is 0.463 e. The number of unbranched alkanes of at least 4 members (excludes halogenated alkanes) is 1. The minimum atomic E-state index is -0.471. The molecule has 0 spiro atoms. The van der Waals surface area contributed by atoms with Crippen molar-refractivity contribution in [1.29, 1.82) is 0 Å². The Hall–Kier alpha value is -2.89. The zero-order valence-electron chi connectivity index (χ0n) is 18.7. The Labute approximate surface area is 188 Å². The fourth-order valence-corrected chi connectivity index (χ4v) is 4.64. The topological polar surface area (TPSA) is 100 Å². The number of fused-ring (bicyclic) bond motifs is 3. The summed E-state index contributed by atoms with van der Waals surface area (Å²) in [6.07, 6.45) is 5.13. The van der Waals surface area contributed by atoms with Crippen LogP contribution in [0.2, 0.25) is 0 Å². The lowest BCUT2D eigenvalue weighted by atomic mass is 10.2. The first-order valence-electron chi connectivity index (χ1n) is 11.3. The van der Waals surface area contributed by atoms with Crippen molar-refractivity contribution >= 4 is 23.9 Å². The Bertz CT molecular complexity index is 933. The lowest BCUT2D eigenvalue weighted by Gasteiger charge is -2.35. The van der Waals surface area contributed by atoms with Crippen LogP contribution in [-0.2, 0) is 0 Å². The number of nitrogens with zero attached hydrogens (tertiary/aromatic N) is 8. The first-order valence-corrected chi connectivity index (χ1v) is 11.3. The highest BCUT2D eigenvalue weighted by Gasteiger charge is 2.51. The summed E-state index contributed by atoms with van der Waals surface area (Å²) >= 11 is 0. The number of rotatable bonds is 7. The van der Waals surface area contributed by atoms with E-state index in [2.05, 4.69) is 21.7 Å². The summed E-state index contributed by atoms with van der Waals surface area (Å²) < 4.78 is 5.57. The van der Waals surface area contributed by atoms with Gasteiger partial charge in [0.2, 0.25) is 6.29 Å². The molecule has 1 aromatic heterocycles. The molecule has 11 nitrogen and oxygen atoms in total.